The van der Waals surface area contributed by atoms with Gasteiger partial charge in [0.1, 0.15) is 11.6 Å². The lowest BCUT2D eigenvalue weighted by Gasteiger charge is -2.03. The third-order valence-electron chi connectivity index (χ3n) is 3.28. The summed E-state index contributed by atoms with van der Waals surface area (Å²) in [6.45, 7) is 2.74. The first kappa shape index (κ1) is 13.0. The first-order valence-electron chi connectivity index (χ1n) is 6.38. The highest BCUT2D eigenvalue weighted by Gasteiger charge is 2.19. The van der Waals surface area contributed by atoms with Gasteiger partial charge in [-0.2, -0.15) is 0 Å². The van der Waals surface area contributed by atoms with Gasteiger partial charge in [0.15, 0.2) is 0 Å². The Balaban J connectivity index is 1.71. The number of carbonyl (C=O) groups is 1. The molecule has 1 aliphatic heterocycles. The van der Waals surface area contributed by atoms with E-state index in [9.17, 15) is 4.79 Å². The van der Waals surface area contributed by atoms with Crippen LogP contribution in [0.1, 0.15) is 19.2 Å². The molecule has 1 amide bonds. The Hall–Kier alpha value is -2.01. The van der Waals surface area contributed by atoms with Crippen molar-refractivity contribution in [2.24, 2.45) is 0 Å². The zero-order chi connectivity index (χ0) is 14.1. The molecule has 1 aliphatic rings. The largest absolute Gasteiger partial charge is 0.497 e. The molecule has 0 saturated heterocycles. The molecule has 5 nitrogen and oxygen atoms in total. The topological polar surface area (TPSA) is 67.0 Å². The molecule has 0 aliphatic carbocycles. The fraction of sp³-hybridized carbons (Fsp3) is 0.286. The predicted octanol–water partition coefficient (Wildman–Crippen LogP) is 2.53. The van der Waals surface area contributed by atoms with E-state index in [0.717, 1.165) is 11.0 Å². The van der Waals surface area contributed by atoms with Crippen LogP contribution in [0.5, 0.6) is 0 Å². The first-order chi connectivity index (χ1) is 9.63. The molecule has 0 spiro atoms. The van der Waals surface area contributed by atoms with E-state index in [1.165, 1.54) is 0 Å². The first-order valence-corrected chi connectivity index (χ1v) is 6.76. The number of rotatable bonds is 3. The molecule has 0 fully saturated rings. The maximum absolute atomic E-state index is 12.0. The van der Waals surface area contributed by atoms with Gasteiger partial charge in [-0.05, 0) is 25.1 Å². The number of aromatic amines is 1. The van der Waals surface area contributed by atoms with Crippen molar-refractivity contribution in [1.29, 1.82) is 0 Å². The van der Waals surface area contributed by atoms with Crippen molar-refractivity contribution in [1.82, 2.24) is 15.3 Å². The van der Waals surface area contributed by atoms with Crippen LogP contribution in [0.25, 0.3) is 11.0 Å². The van der Waals surface area contributed by atoms with Crippen LogP contribution in [0, 0.1) is 0 Å². The second-order valence-corrected chi connectivity index (χ2v) is 5.10. The van der Waals surface area contributed by atoms with Crippen molar-refractivity contribution in [2.75, 3.05) is 6.61 Å². The van der Waals surface area contributed by atoms with Gasteiger partial charge in [0, 0.05) is 11.4 Å². The van der Waals surface area contributed by atoms with Gasteiger partial charge < -0.3 is 15.0 Å². The minimum Gasteiger partial charge on any atom is -0.497 e. The monoisotopic (exact) mass is 291 g/mol. The highest BCUT2D eigenvalue weighted by Crippen LogP contribution is 2.19. The Morgan fingerprint density at radius 1 is 1.55 bits per heavy atom. The molecular weight excluding hydrogens is 278 g/mol. The average molecular weight is 292 g/mol. The second kappa shape index (κ2) is 5.17. The van der Waals surface area contributed by atoms with Gasteiger partial charge in [-0.15, -0.1) is 0 Å². The standard InChI is InChI=1S/C14H14ClN3O2/c1-8-10(4-5-20-8)14(19)16-7-13-17-11-3-2-9(15)6-12(11)18-13/h2-3,6H,4-5,7H2,1H3,(H,16,19)(H,17,18). The normalized spacial score (nSPS) is 14.7. The minimum atomic E-state index is -0.0986. The summed E-state index contributed by atoms with van der Waals surface area (Å²) in [6.07, 6.45) is 0.660. The SMILES string of the molecule is CC1=C(C(=O)NCc2nc3ccc(Cl)cc3[nH]2)CCO1. The summed E-state index contributed by atoms with van der Waals surface area (Å²) in [5.74, 6) is 1.31. The molecule has 2 aromatic rings. The van der Waals surface area contributed by atoms with Crippen molar-refractivity contribution in [2.45, 2.75) is 19.9 Å². The molecule has 3 rings (SSSR count). The number of imidazole rings is 1. The number of fused-ring (bicyclic) bond motifs is 1. The lowest BCUT2D eigenvalue weighted by Crippen LogP contribution is -2.25. The van der Waals surface area contributed by atoms with E-state index in [2.05, 4.69) is 15.3 Å². The van der Waals surface area contributed by atoms with Crippen LogP contribution in [0.2, 0.25) is 5.02 Å². The summed E-state index contributed by atoms with van der Waals surface area (Å²) in [5, 5.41) is 3.50. The number of nitrogens with zero attached hydrogens (tertiary/aromatic N) is 1. The molecule has 2 heterocycles. The smallest absolute Gasteiger partial charge is 0.251 e. The lowest BCUT2D eigenvalue weighted by molar-refractivity contribution is -0.117. The number of H-pyrrole nitrogens is 1. The van der Waals surface area contributed by atoms with Gasteiger partial charge in [-0.25, -0.2) is 4.98 Å². The van der Waals surface area contributed by atoms with Crippen LogP contribution in [-0.2, 0) is 16.1 Å². The third kappa shape index (κ3) is 2.49. The molecule has 0 atom stereocenters. The molecular formula is C14H14ClN3O2. The third-order valence-corrected chi connectivity index (χ3v) is 3.51. The number of ether oxygens (including phenoxy) is 1. The van der Waals surface area contributed by atoms with Crippen molar-refractivity contribution < 1.29 is 9.53 Å². The van der Waals surface area contributed by atoms with Crippen molar-refractivity contribution in [3.8, 4) is 0 Å². The van der Waals surface area contributed by atoms with E-state index in [-0.39, 0.29) is 5.91 Å². The van der Waals surface area contributed by atoms with Crippen LogP contribution in [0.3, 0.4) is 0 Å². The molecule has 1 aromatic carbocycles. The number of nitrogens with one attached hydrogen (secondary N) is 2. The second-order valence-electron chi connectivity index (χ2n) is 4.66. The Bertz CT molecular complexity index is 706. The Morgan fingerprint density at radius 2 is 2.40 bits per heavy atom. The molecule has 0 radical (unpaired) electrons. The molecule has 104 valence electrons. The Morgan fingerprint density at radius 3 is 3.15 bits per heavy atom. The minimum absolute atomic E-state index is 0.0986. The fourth-order valence-electron chi connectivity index (χ4n) is 2.23. The molecule has 0 bridgehead atoms. The highest BCUT2D eigenvalue weighted by molar-refractivity contribution is 6.31. The average Bonchev–Trinajstić information content (AvgIpc) is 3.01. The van der Waals surface area contributed by atoms with Crippen LogP contribution in [0.4, 0.5) is 0 Å². The number of halogens is 1. The Kier molecular flexibility index (Phi) is 3.36. The van der Waals surface area contributed by atoms with Crippen molar-refractivity contribution >= 4 is 28.5 Å². The molecule has 1 aromatic heterocycles. The summed E-state index contributed by atoms with van der Waals surface area (Å²) in [4.78, 5) is 19.5. The van der Waals surface area contributed by atoms with Gasteiger partial charge >= 0.3 is 0 Å². The zero-order valence-corrected chi connectivity index (χ0v) is 11.8. The molecule has 0 unspecified atom stereocenters. The maximum atomic E-state index is 12.0. The molecule has 6 heteroatoms. The number of carbonyl (C=O) groups excluding carboxylic acids is 1. The van der Waals surface area contributed by atoms with Crippen LogP contribution < -0.4 is 5.32 Å². The summed E-state index contributed by atoms with van der Waals surface area (Å²) < 4.78 is 5.28. The number of hydrogen-bond donors (Lipinski definition) is 2. The predicted molar refractivity (Wildman–Crippen MR) is 76.2 cm³/mol. The van der Waals surface area contributed by atoms with E-state index < -0.39 is 0 Å². The van der Waals surface area contributed by atoms with Crippen molar-refractivity contribution in [3.05, 3.63) is 40.4 Å². The van der Waals surface area contributed by atoms with Gasteiger partial charge in [0.05, 0.1) is 29.8 Å². The van der Waals surface area contributed by atoms with E-state index in [4.69, 9.17) is 16.3 Å². The van der Waals surface area contributed by atoms with Gasteiger partial charge in [0.2, 0.25) is 0 Å². The highest BCUT2D eigenvalue weighted by atomic mass is 35.5. The number of benzene rings is 1. The van der Waals surface area contributed by atoms with Crippen LogP contribution >= 0.6 is 11.6 Å². The van der Waals surface area contributed by atoms with Crippen LogP contribution in [0.15, 0.2) is 29.5 Å². The van der Waals surface area contributed by atoms with E-state index in [1.54, 1.807) is 6.07 Å². The molecule has 0 saturated carbocycles. The Labute approximate surface area is 121 Å². The molecule has 2 N–H and O–H groups in total. The van der Waals surface area contributed by atoms with Gasteiger partial charge in [0.25, 0.3) is 5.91 Å². The number of aromatic nitrogens is 2. The summed E-state index contributed by atoms with van der Waals surface area (Å²) in [5.41, 5.74) is 2.41. The summed E-state index contributed by atoms with van der Waals surface area (Å²) >= 11 is 5.92. The van der Waals surface area contributed by atoms with Crippen molar-refractivity contribution in [3.63, 3.8) is 0 Å². The summed E-state index contributed by atoms with van der Waals surface area (Å²) in [6, 6.07) is 5.45. The molecule has 20 heavy (non-hydrogen) atoms. The zero-order valence-electron chi connectivity index (χ0n) is 11.0. The van der Waals surface area contributed by atoms with Crippen LogP contribution in [-0.4, -0.2) is 22.5 Å². The van der Waals surface area contributed by atoms with E-state index in [0.29, 0.717) is 41.8 Å². The van der Waals surface area contributed by atoms with E-state index >= 15 is 0 Å². The quantitative estimate of drug-likeness (QED) is 0.913. The number of amides is 1. The lowest BCUT2D eigenvalue weighted by atomic mass is 10.2. The fourth-order valence-corrected chi connectivity index (χ4v) is 2.40. The maximum Gasteiger partial charge on any atom is 0.251 e. The number of allylic oxidation sites excluding steroid dienone is 1. The van der Waals surface area contributed by atoms with Gasteiger partial charge in [-0.1, -0.05) is 11.6 Å². The summed E-state index contributed by atoms with van der Waals surface area (Å²) in [7, 11) is 0. The van der Waals surface area contributed by atoms with Gasteiger partial charge in [-0.3, -0.25) is 4.79 Å². The number of hydrogen-bond acceptors (Lipinski definition) is 3. The van der Waals surface area contributed by atoms with E-state index in [1.807, 2.05) is 19.1 Å².